The Labute approximate surface area is 186 Å². The van der Waals surface area contributed by atoms with Crippen LogP contribution in [0.5, 0.6) is 11.5 Å². The number of para-hydroxylation sites is 1. The van der Waals surface area contributed by atoms with E-state index in [2.05, 4.69) is 5.09 Å². The van der Waals surface area contributed by atoms with Crippen molar-refractivity contribution in [2.75, 3.05) is 13.7 Å². The third kappa shape index (κ3) is 6.66. The van der Waals surface area contributed by atoms with Crippen molar-refractivity contribution in [3.05, 3.63) is 59.4 Å². The second-order valence-corrected chi connectivity index (χ2v) is 9.09. The number of nitrogens with one attached hydrogen (secondary N) is 2. The van der Waals surface area contributed by atoms with Gasteiger partial charge in [-0.3, -0.25) is 4.79 Å². The van der Waals surface area contributed by atoms with Crippen molar-refractivity contribution in [1.29, 1.82) is 5.16 Å². The van der Waals surface area contributed by atoms with E-state index in [0.29, 0.717) is 0 Å². The molecule has 0 bridgehead atoms. The Kier molecular flexibility index (Phi) is 8.45. The molecule has 2 aromatic rings. The van der Waals surface area contributed by atoms with Gasteiger partial charge in [-0.1, -0.05) is 18.2 Å². The average molecular weight is 496 g/mol. The average Bonchev–Trinajstić information content (AvgIpc) is 2.78. The summed E-state index contributed by atoms with van der Waals surface area (Å²) in [5, 5.41) is 10.7. The maximum absolute atomic E-state index is 14.2. The molecule has 33 heavy (non-hydrogen) atoms. The third-order valence-electron chi connectivity index (χ3n) is 4.20. The SMILES string of the molecule is COC(C)(C)COC(=O)[C@H](C)NP(=N)(Oc1ccccc1)Oc1c(F)c(F)c(F)c(F)c1F. The van der Waals surface area contributed by atoms with Crippen LogP contribution in [0.2, 0.25) is 0 Å². The molecule has 0 aromatic heterocycles. The van der Waals surface area contributed by atoms with Crippen LogP contribution >= 0.6 is 7.66 Å². The fraction of sp³-hybridized carbons (Fsp3) is 0.350. The molecule has 1 unspecified atom stereocenters. The van der Waals surface area contributed by atoms with E-state index in [-0.39, 0.29) is 12.4 Å². The Hall–Kier alpha value is -2.69. The Morgan fingerprint density at radius 1 is 1.00 bits per heavy atom. The smallest absolute Gasteiger partial charge is 0.392 e. The standard InChI is InChI=1S/C20H22F5N2O5P/c1-11(19(28)30-10-20(2,3)29-4)27-33(26,31-12-8-6-5-7-9-12)32-18-16(24)14(22)13(21)15(23)17(18)25/h5-9,11H,10H2,1-4H3,(H2,26,27)/t11-,33?/m0/s1. The molecule has 2 rings (SSSR count). The van der Waals surface area contributed by atoms with Gasteiger partial charge in [-0.05, 0) is 32.9 Å². The molecule has 0 amide bonds. The minimum atomic E-state index is -4.47. The molecule has 2 N–H and O–H groups in total. The highest BCUT2D eigenvalue weighted by atomic mass is 31.2. The van der Waals surface area contributed by atoms with Crippen LogP contribution in [0.25, 0.3) is 0 Å². The van der Waals surface area contributed by atoms with E-state index >= 15 is 0 Å². The molecule has 0 saturated carbocycles. The monoisotopic (exact) mass is 496 g/mol. The number of benzene rings is 2. The Morgan fingerprint density at radius 3 is 2.03 bits per heavy atom. The molecule has 2 atom stereocenters. The lowest BCUT2D eigenvalue weighted by Crippen LogP contribution is -2.39. The van der Waals surface area contributed by atoms with Gasteiger partial charge >= 0.3 is 13.6 Å². The van der Waals surface area contributed by atoms with E-state index in [9.17, 15) is 26.7 Å². The highest BCUT2D eigenvalue weighted by molar-refractivity contribution is 7.53. The fourth-order valence-corrected chi connectivity index (χ4v) is 3.83. The second kappa shape index (κ2) is 10.5. The van der Waals surface area contributed by atoms with Gasteiger partial charge in [0.25, 0.3) is 0 Å². The van der Waals surface area contributed by atoms with Crippen molar-refractivity contribution in [1.82, 2.24) is 5.09 Å². The predicted octanol–water partition coefficient (Wildman–Crippen LogP) is 5.31. The first-order chi connectivity index (χ1) is 15.3. The van der Waals surface area contributed by atoms with Gasteiger partial charge in [-0.2, -0.15) is 8.78 Å². The lowest BCUT2D eigenvalue weighted by Gasteiger charge is -2.27. The minimum Gasteiger partial charge on any atom is -0.461 e. The number of hydrogen-bond donors (Lipinski definition) is 2. The zero-order chi connectivity index (χ0) is 25.0. The van der Waals surface area contributed by atoms with E-state index < -0.39 is 60.1 Å². The Bertz CT molecular complexity index is 1030. The van der Waals surface area contributed by atoms with Crippen molar-refractivity contribution in [2.24, 2.45) is 0 Å². The van der Waals surface area contributed by atoms with Crippen LogP contribution in [0.3, 0.4) is 0 Å². The van der Waals surface area contributed by atoms with E-state index in [1.165, 1.54) is 38.3 Å². The van der Waals surface area contributed by atoms with Crippen LogP contribution in [-0.4, -0.2) is 31.3 Å². The summed E-state index contributed by atoms with van der Waals surface area (Å²) < 4.78 is 89.3. The summed E-state index contributed by atoms with van der Waals surface area (Å²) in [6.45, 7) is 4.35. The molecule has 0 aliphatic rings. The molecular formula is C20H22F5N2O5P. The number of carbonyl (C=O) groups is 1. The highest BCUT2D eigenvalue weighted by Crippen LogP contribution is 2.48. The quantitative estimate of drug-likeness (QED) is 0.152. The number of ether oxygens (including phenoxy) is 2. The molecule has 182 valence electrons. The Morgan fingerprint density at radius 2 is 1.52 bits per heavy atom. The van der Waals surface area contributed by atoms with E-state index in [0.717, 1.165) is 0 Å². The molecule has 0 radical (unpaired) electrons. The second-order valence-electron chi connectivity index (χ2n) is 7.37. The number of halogens is 5. The summed E-state index contributed by atoms with van der Waals surface area (Å²) >= 11 is 0. The van der Waals surface area contributed by atoms with Crippen LogP contribution in [0.1, 0.15) is 20.8 Å². The van der Waals surface area contributed by atoms with Gasteiger partial charge in [0.15, 0.2) is 0 Å². The summed E-state index contributed by atoms with van der Waals surface area (Å²) in [7, 11) is -3.07. The number of hydrogen-bond acceptors (Lipinski definition) is 6. The van der Waals surface area contributed by atoms with Gasteiger partial charge < -0.3 is 18.5 Å². The van der Waals surface area contributed by atoms with Gasteiger partial charge in [0.1, 0.15) is 18.4 Å². The molecule has 0 fully saturated rings. The van der Waals surface area contributed by atoms with Crippen LogP contribution in [0, 0.1) is 34.2 Å². The molecular weight excluding hydrogens is 474 g/mol. The summed E-state index contributed by atoms with van der Waals surface area (Å²) in [4.78, 5) is 12.3. The number of carbonyl (C=O) groups excluding carboxylic acids is 1. The molecule has 0 heterocycles. The van der Waals surface area contributed by atoms with Crippen LogP contribution in [-0.2, 0) is 14.3 Å². The highest BCUT2D eigenvalue weighted by Gasteiger charge is 2.35. The molecule has 13 heteroatoms. The summed E-state index contributed by atoms with van der Waals surface area (Å²) in [6, 6.07) is 5.99. The Balaban J connectivity index is 2.36. The van der Waals surface area contributed by atoms with Crippen LogP contribution in [0.4, 0.5) is 22.0 Å². The van der Waals surface area contributed by atoms with E-state index in [4.69, 9.17) is 23.7 Å². The molecule has 0 spiro atoms. The van der Waals surface area contributed by atoms with E-state index in [1.54, 1.807) is 19.9 Å². The summed E-state index contributed by atoms with van der Waals surface area (Å²) in [6.07, 6.45) is 0. The molecule has 0 aliphatic carbocycles. The van der Waals surface area contributed by atoms with Crippen molar-refractivity contribution < 1.29 is 45.3 Å². The first-order valence-electron chi connectivity index (χ1n) is 9.39. The number of methoxy groups -OCH3 is 1. The maximum atomic E-state index is 14.2. The number of esters is 1. The van der Waals surface area contributed by atoms with Gasteiger partial charge in [0.2, 0.25) is 34.8 Å². The number of rotatable bonds is 10. The third-order valence-corrected chi connectivity index (χ3v) is 5.83. The molecule has 0 saturated heterocycles. The van der Waals surface area contributed by atoms with Gasteiger partial charge in [-0.25, -0.2) is 23.4 Å². The maximum Gasteiger partial charge on any atom is 0.392 e. The van der Waals surface area contributed by atoms with E-state index in [1.807, 2.05) is 0 Å². The largest absolute Gasteiger partial charge is 0.461 e. The molecule has 2 aromatic carbocycles. The van der Waals surface area contributed by atoms with Gasteiger partial charge in [-0.15, -0.1) is 0 Å². The molecule has 7 nitrogen and oxygen atoms in total. The first-order valence-corrected chi connectivity index (χ1v) is 11.0. The minimum absolute atomic E-state index is 0.0294. The lowest BCUT2D eigenvalue weighted by molar-refractivity contribution is -0.152. The topological polar surface area (TPSA) is 89.9 Å². The van der Waals surface area contributed by atoms with Gasteiger partial charge in [0.05, 0.1) is 5.60 Å². The van der Waals surface area contributed by atoms with Gasteiger partial charge in [0, 0.05) is 7.11 Å². The zero-order valence-corrected chi connectivity index (χ0v) is 18.9. The summed E-state index contributed by atoms with van der Waals surface area (Å²) in [5.41, 5.74) is -0.824. The van der Waals surface area contributed by atoms with Crippen LogP contribution < -0.4 is 14.1 Å². The fourth-order valence-electron chi connectivity index (χ4n) is 2.23. The van der Waals surface area contributed by atoms with Crippen LogP contribution in [0.15, 0.2) is 30.3 Å². The first kappa shape index (κ1) is 26.6. The van der Waals surface area contributed by atoms with Crippen molar-refractivity contribution in [3.63, 3.8) is 0 Å². The summed E-state index contributed by atoms with van der Waals surface area (Å²) in [5.74, 6) is -14.2. The zero-order valence-electron chi connectivity index (χ0n) is 18.0. The van der Waals surface area contributed by atoms with Crippen molar-refractivity contribution in [2.45, 2.75) is 32.4 Å². The van der Waals surface area contributed by atoms with Crippen molar-refractivity contribution >= 4 is 13.6 Å². The molecule has 0 aliphatic heterocycles. The normalized spacial score (nSPS) is 14.3. The lowest BCUT2D eigenvalue weighted by atomic mass is 10.1. The predicted molar refractivity (Wildman–Crippen MR) is 108 cm³/mol. The van der Waals surface area contributed by atoms with Crippen molar-refractivity contribution in [3.8, 4) is 11.5 Å².